The van der Waals surface area contributed by atoms with Gasteiger partial charge in [0.15, 0.2) is 28.7 Å². The number of ether oxygens (including phenoxy) is 4. The van der Waals surface area contributed by atoms with Crippen molar-refractivity contribution in [3.63, 3.8) is 0 Å². The molecular formula is C119H69N11O4. The molecule has 12 heterocycles. The van der Waals surface area contributed by atoms with Crippen LogP contribution in [-0.4, -0.2) is 38.2 Å². The topological polar surface area (TPSA) is 119 Å². The van der Waals surface area contributed by atoms with E-state index in [1.54, 1.807) is 0 Å². The Bertz CT molecular complexity index is 9100. The average molecular weight is 1720 g/mol. The summed E-state index contributed by atoms with van der Waals surface area (Å²) in [6, 6.07) is 139. The lowest BCUT2D eigenvalue weighted by Gasteiger charge is -2.40. The van der Waals surface area contributed by atoms with E-state index in [4.69, 9.17) is 45.5 Å². The first-order valence-corrected chi connectivity index (χ1v) is 45.0. The average Bonchev–Trinajstić information content (AvgIpc) is 1.50. The molecule has 0 atom stereocenters. The van der Waals surface area contributed by atoms with E-state index in [1.165, 1.54) is 10.8 Å². The molecule has 0 unspecified atom stereocenters. The number of anilines is 6. The molecule has 4 aliphatic heterocycles. The highest BCUT2D eigenvalue weighted by atomic mass is 16.5. The number of para-hydroxylation sites is 13. The number of hydrogen-bond donors (Lipinski definition) is 0. The molecule has 0 bridgehead atoms. The molecule has 0 N–H and O–H groups in total. The lowest BCUT2D eigenvalue weighted by atomic mass is 9.65. The highest BCUT2D eigenvalue weighted by Crippen LogP contribution is 2.67. The van der Waals surface area contributed by atoms with Crippen LogP contribution in [0.5, 0.6) is 46.0 Å². The maximum atomic E-state index is 7.85. The minimum Gasteiger partial charge on any atom is -0.457 e. The third kappa shape index (κ3) is 10.00. The predicted molar refractivity (Wildman–Crippen MR) is 532 cm³/mol. The Morgan fingerprint density at radius 3 is 0.866 bits per heavy atom. The van der Waals surface area contributed by atoms with Gasteiger partial charge in [0, 0.05) is 120 Å². The van der Waals surface area contributed by atoms with Crippen LogP contribution in [0.4, 0.5) is 39.8 Å². The molecule has 6 aliphatic rings. The Morgan fingerprint density at radius 1 is 0.209 bits per heavy atom. The van der Waals surface area contributed by atoms with Crippen molar-refractivity contribution in [2.24, 2.45) is 0 Å². The molecule has 134 heavy (non-hydrogen) atoms. The number of pyridine rings is 4. The van der Waals surface area contributed by atoms with Gasteiger partial charge >= 0.3 is 0 Å². The van der Waals surface area contributed by atoms with Gasteiger partial charge in [-0.15, -0.1) is 0 Å². The van der Waals surface area contributed by atoms with E-state index in [-0.39, 0.29) is 0 Å². The summed E-state index contributed by atoms with van der Waals surface area (Å²) in [7, 11) is 0. The third-order valence-corrected chi connectivity index (χ3v) is 28.3. The molecule has 2 spiro atoms. The van der Waals surface area contributed by atoms with Gasteiger partial charge in [-0.1, -0.05) is 194 Å². The van der Waals surface area contributed by atoms with Crippen LogP contribution in [0.3, 0.4) is 0 Å². The van der Waals surface area contributed by atoms with E-state index >= 15 is 0 Å². The van der Waals surface area contributed by atoms with Crippen molar-refractivity contribution in [2.45, 2.75) is 10.8 Å². The highest BCUT2D eigenvalue weighted by molar-refractivity contribution is 6.15. The molecule has 24 aromatic rings. The Kier molecular flexibility index (Phi) is 15.3. The number of fused-ring (bicyclic) bond motifs is 34. The summed E-state index contributed by atoms with van der Waals surface area (Å²) >= 11 is 0. The quantitative estimate of drug-likeness (QED) is 0.149. The molecule has 16 aromatic carbocycles. The maximum absolute atomic E-state index is 7.85. The summed E-state index contributed by atoms with van der Waals surface area (Å²) in [5, 5.41) is 9.11. The van der Waals surface area contributed by atoms with Gasteiger partial charge in [-0.2, -0.15) is 0 Å². The smallest absolute Gasteiger partial charge is 0.188 e. The minimum atomic E-state index is -0.861. The van der Waals surface area contributed by atoms with Crippen molar-refractivity contribution < 1.29 is 18.9 Å². The predicted octanol–water partition coefficient (Wildman–Crippen LogP) is 30.0. The molecule has 0 saturated heterocycles. The fourth-order valence-electron chi connectivity index (χ4n) is 23.1. The van der Waals surface area contributed by atoms with Crippen LogP contribution in [-0.2, 0) is 10.8 Å². The number of aromatic nitrogens is 8. The van der Waals surface area contributed by atoms with E-state index in [1.807, 2.05) is 97.6 Å². The standard InChI is InChI=1S/C60H34N6O2.C59H35N5O2/c1-61-36-25-29-49-41(33-36)39-13-3-5-18-47(39)66(49)52-21-10-24-55-57(52)60(44-15-11-31-62-58(44)59-45(60)16-12-32-63-59)43-28-26-38(35-56(43)68-55)64-46-17-4-2-14-40(46)42-34-37(27-30-48(42)64)65-50-19-6-8-22-53(50)67-54-23-9-7-20-51(54)65;1-5-20-46-38(14-1)39-15-2-6-21-47(39)64(46)51-24-11-27-54-56(51)59(43-17-12-32-60-57(43)58-44(59)18-13-33-61-58)42-30-28-37(35-55(42)66-54)62-45-19-4-3-16-40(45)41-34-36(29-31-48(41)62)63-49-22-7-9-25-52(49)65-53-26-10-8-23-50(53)63/h2-35H;1-35H. The molecule has 0 amide bonds. The summed E-state index contributed by atoms with van der Waals surface area (Å²) < 4.78 is 36.8. The zero-order valence-corrected chi connectivity index (χ0v) is 71.4. The fourth-order valence-corrected chi connectivity index (χ4v) is 23.1. The molecule has 2 aliphatic carbocycles. The number of rotatable bonds is 6. The normalized spacial score (nSPS) is 13.7. The second-order valence-corrected chi connectivity index (χ2v) is 34.9. The Hall–Kier alpha value is -18.4. The van der Waals surface area contributed by atoms with Crippen LogP contribution < -0.4 is 28.7 Å². The lowest BCUT2D eigenvalue weighted by molar-refractivity contribution is 0.435. The van der Waals surface area contributed by atoms with E-state index in [2.05, 4.69) is 354 Å². The van der Waals surface area contributed by atoms with Gasteiger partial charge in [0.05, 0.1) is 118 Å². The first kappa shape index (κ1) is 73.6. The second-order valence-electron chi connectivity index (χ2n) is 34.9. The number of benzene rings is 16. The molecule has 0 radical (unpaired) electrons. The monoisotopic (exact) mass is 1720 g/mol. The zero-order valence-electron chi connectivity index (χ0n) is 71.4. The van der Waals surface area contributed by atoms with E-state index in [9.17, 15) is 0 Å². The van der Waals surface area contributed by atoms with Crippen LogP contribution in [0.2, 0.25) is 0 Å². The summed E-state index contributed by atoms with van der Waals surface area (Å²) in [6.07, 6.45) is 7.48. The Labute approximate surface area is 766 Å². The third-order valence-electron chi connectivity index (χ3n) is 28.3. The Morgan fingerprint density at radius 2 is 0.493 bits per heavy atom. The first-order chi connectivity index (χ1) is 66.4. The molecule has 30 rings (SSSR count). The molecule has 15 nitrogen and oxygen atoms in total. The Balaban J connectivity index is 0.000000131. The molecular weight excluding hydrogens is 1650 g/mol. The van der Waals surface area contributed by atoms with E-state index < -0.39 is 10.8 Å². The molecule has 0 fully saturated rings. The second kappa shape index (κ2) is 27.8. The van der Waals surface area contributed by atoms with Crippen molar-refractivity contribution in [3.8, 4) is 91.5 Å². The van der Waals surface area contributed by atoms with Crippen molar-refractivity contribution in [2.75, 3.05) is 9.80 Å². The SMILES string of the molecule is [C-]#[N+]c1ccc2c(c1)c1ccccc1n2-c1cccc2c1C1(c3ccc(-n4c5ccccc5c5cc(N6c7ccccc7Oc7ccccc76)ccc54)cc3O2)c2cccnc2-c2ncccc21.c1ccc2c(c1)Oc1ccccc1N2c1ccc2c(c1)c1ccccc1n2-c1ccc2c(c1)Oc1cccc(-n3c4ccccc4c4ccccc43)c1C21c2cccnc2-c2ncccc21. The molecule has 8 aromatic heterocycles. The van der Waals surface area contributed by atoms with Crippen LogP contribution >= 0.6 is 0 Å². The summed E-state index contributed by atoms with van der Waals surface area (Å²) in [4.78, 5) is 28.6. The minimum absolute atomic E-state index is 0.605. The van der Waals surface area contributed by atoms with Crippen LogP contribution in [0.25, 0.3) is 138 Å². The summed E-state index contributed by atoms with van der Waals surface area (Å²) in [5.74, 6) is 6.38. The van der Waals surface area contributed by atoms with Gasteiger partial charge in [-0.25, -0.2) is 4.85 Å². The van der Waals surface area contributed by atoms with Gasteiger partial charge in [0.25, 0.3) is 0 Å². The van der Waals surface area contributed by atoms with Crippen LogP contribution in [0.15, 0.2) is 419 Å². The van der Waals surface area contributed by atoms with E-state index in [0.29, 0.717) is 5.69 Å². The zero-order chi connectivity index (χ0) is 87.8. The van der Waals surface area contributed by atoms with Gasteiger partial charge in [0.1, 0.15) is 23.0 Å². The van der Waals surface area contributed by atoms with Gasteiger partial charge in [0.2, 0.25) is 0 Å². The molecule has 0 saturated carbocycles. The van der Waals surface area contributed by atoms with Gasteiger partial charge < -0.3 is 47.0 Å². The van der Waals surface area contributed by atoms with E-state index in [0.717, 1.165) is 247 Å². The molecule has 15 heteroatoms. The van der Waals surface area contributed by atoms with Gasteiger partial charge in [-0.05, 0) is 216 Å². The maximum Gasteiger partial charge on any atom is 0.188 e. The highest BCUT2D eigenvalue weighted by Gasteiger charge is 2.56. The van der Waals surface area contributed by atoms with Crippen molar-refractivity contribution in [1.82, 2.24) is 38.2 Å². The largest absolute Gasteiger partial charge is 0.457 e. The lowest BCUT2D eigenvalue weighted by Crippen LogP contribution is -2.33. The van der Waals surface area contributed by atoms with Crippen molar-refractivity contribution in [1.29, 1.82) is 0 Å². The first-order valence-electron chi connectivity index (χ1n) is 45.0. The number of hydrogen-bond acceptors (Lipinski definition) is 10. The fraction of sp³-hybridized carbons (Fsp3) is 0.0168. The number of nitrogens with zero attached hydrogens (tertiary/aromatic N) is 11. The van der Waals surface area contributed by atoms with Gasteiger partial charge in [-0.3, -0.25) is 19.9 Å². The van der Waals surface area contributed by atoms with Crippen molar-refractivity contribution in [3.05, 3.63) is 475 Å². The molecule has 624 valence electrons. The van der Waals surface area contributed by atoms with Crippen LogP contribution in [0.1, 0.15) is 44.5 Å². The van der Waals surface area contributed by atoms with Crippen molar-refractivity contribution >= 4 is 127 Å². The summed E-state index contributed by atoms with van der Waals surface area (Å²) in [6.45, 7) is 7.85. The summed E-state index contributed by atoms with van der Waals surface area (Å²) in [5.41, 5.74) is 29.6. The van der Waals surface area contributed by atoms with Crippen LogP contribution in [0, 0.1) is 6.57 Å².